The highest BCUT2D eigenvalue weighted by Crippen LogP contribution is 1.97. The van der Waals surface area contributed by atoms with Crippen molar-refractivity contribution < 1.29 is 23.7 Å². The van der Waals surface area contributed by atoms with Gasteiger partial charge in [0.25, 0.3) is 0 Å². The fraction of sp³-hybridized carbons (Fsp3) is 1.00. The van der Waals surface area contributed by atoms with Crippen LogP contribution in [0.2, 0.25) is 0 Å². The van der Waals surface area contributed by atoms with Crippen LogP contribution in [-0.4, -0.2) is 77.6 Å². The zero-order chi connectivity index (χ0) is 16.1. The second-order valence-corrected chi connectivity index (χ2v) is 5.46. The number of rotatable bonds is 19. The molecule has 22 heavy (non-hydrogen) atoms. The monoisotopic (exact) mass is 356 g/mol. The van der Waals surface area contributed by atoms with Gasteiger partial charge in [-0.05, 0) is 18.6 Å². The fourth-order valence-electron chi connectivity index (χ4n) is 1.54. The Morgan fingerprint density at radius 2 is 0.773 bits per heavy atom. The van der Waals surface area contributed by atoms with Gasteiger partial charge in [-0.15, -0.1) is 0 Å². The summed E-state index contributed by atoms with van der Waals surface area (Å²) in [7, 11) is 0. The maximum absolute atomic E-state index is 5.45. The molecule has 0 aromatic carbocycles. The van der Waals surface area contributed by atoms with Crippen molar-refractivity contribution in [2.45, 2.75) is 19.3 Å². The van der Waals surface area contributed by atoms with Crippen LogP contribution < -0.4 is 0 Å². The zero-order valence-electron chi connectivity index (χ0n) is 13.5. The Balaban J connectivity index is 2.91. The van der Waals surface area contributed by atoms with Crippen molar-refractivity contribution in [2.75, 3.05) is 77.6 Å². The first-order valence-electron chi connectivity index (χ1n) is 8.02. The molecule has 0 spiro atoms. The van der Waals surface area contributed by atoms with Gasteiger partial charge in [0.2, 0.25) is 0 Å². The number of hydrogen-bond acceptors (Lipinski definition) is 7. The van der Waals surface area contributed by atoms with Gasteiger partial charge in [0.1, 0.15) is 0 Å². The van der Waals surface area contributed by atoms with Crippen LogP contribution in [0.5, 0.6) is 0 Å². The lowest BCUT2D eigenvalue weighted by Crippen LogP contribution is -2.13. The van der Waals surface area contributed by atoms with Crippen molar-refractivity contribution in [3.05, 3.63) is 0 Å². The Labute approximate surface area is 146 Å². The molecule has 0 aromatic rings. The molecule has 5 nitrogen and oxygen atoms in total. The Hall–Kier alpha value is 0.500. The standard InChI is InChI=1S/C15H32O5S2/c21-14-3-1-2-4-16-5-6-17-7-8-18-9-10-19-11-12-20-13-15-22/h21-22H,1-15H2. The highest BCUT2D eigenvalue weighted by molar-refractivity contribution is 7.80. The van der Waals surface area contributed by atoms with E-state index in [1.165, 1.54) is 6.42 Å². The Morgan fingerprint density at radius 3 is 1.18 bits per heavy atom. The summed E-state index contributed by atoms with van der Waals surface area (Å²) in [5.41, 5.74) is 0. The normalized spacial score (nSPS) is 11.2. The largest absolute Gasteiger partial charge is 0.379 e. The molecule has 0 aromatic heterocycles. The van der Waals surface area contributed by atoms with E-state index in [4.69, 9.17) is 23.7 Å². The van der Waals surface area contributed by atoms with E-state index in [0.29, 0.717) is 59.5 Å². The summed E-state index contributed by atoms with van der Waals surface area (Å²) >= 11 is 8.21. The van der Waals surface area contributed by atoms with Crippen molar-refractivity contribution in [1.82, 2.24) is 0 Å². The van der Waals surface area contributed by atoms with Crippen LogP contribution in [0.15, 0.2) is 0 Å². The van der Waals surface area contributed by atoms with E-state index in [0.717, 1.165) is 31.0 Å². The average Bonchev–Trinajstić information content (AvgIpc) is 2.54. The highest BCUT2D eigenvalue weighted by atomic mass is 32.1. The van der Waals surface area contributed by atoms with E-state index in [1.54, 1.807) is 0 Å². The predicted molar refractivity (Wildman–Crippen MR) is 95.7 cm³/mol. The number of hydrogen-bond donors (Lipinski definition) is 2. The molecule has 7 heteroatoms. The molecule has 0 unspecified atom stereocenters. The van der Waals surface area contributed by atoms with E-state index in [9.17, 15) is 0 Å². The van der Waals surface area contributed by atoms with Crippen molar-refractivity contribution in [3.63, 3.8) is 0 Å². The second-order valence-electron chi connectivity index (χ2n) is 4.57. The summed E-state index contributed by atoms with van der Waals surface area (Å²) in [4.78, 5) is 0. The Kier molecular flexibility index (Phi) is 22.0. The molecule has 134 valence electrons. The van der Waals surface area contributed by atoms with Crippen LogP contribution in [0.25, 0.3) is 0 Å². The van der Waals surface area contributed by atoms with E-state index < -0.39 is 0 Å². The number of ether oxygens (including phenoxy) is 5. The van der Waals surface area contributed by atoms with Gasteiger partial charge in [-0.25, -0.2) is 0 Å². The lowest BCUT2D eigenvalue weighted by Gasteiger charge is -2.07. The summed E-state index contributed by atoms with van der Waals surface area (Å²) in [5.74, 6) is 1.70. The molecule has 0 saturated carbocycles. The van der Waals surface area contributed by atoms with Gasteiger partial charge in [-0.1, -0.05) is 6.42 Å². The minimum atomic E-state index is 0.581. The van der Waals surface area contributed by atoms with Gasteiger partial charge in [0, 0.05) is 12.4 Å². The smallest absolute Gasteiger partial charge is 0.0701 e. The van der Waals surface area contributed by atoms with E-state index in [-0.39, 0.29) is 0 Å². The maximum Gasteiger partial charge on any atom is 0.0701 e. The van der Waals surface area contributed by atoms with Crippen LogP contribution in [-0.2, 0) is 23.7 Å². The molecule has 0 atom stereocenters. The van der Waals surface area contributed by atoms with Gasteiger partial charge in [-0.3, -0.25) is 0 Å². The van der Waals surface area contributed by atoms with Crippen molar-refractivity contribution in [1.29, 1.82) is 0 Å². The molecule has 0 fully saturated rings. The third-order valence-electron chi connectivity index (χ3n) is 2.67. The van der Waals surface area contributed by atoms with Crippen molar-refractivity contribution in [3.8, 4) is 0 Å². The average molecular weight is 357 g/mol. The van der Waals surface area contributed by atoms with E-state index in [1.807, 2.05) is 0 Å². The molecule has 0 amide bonds. The summed E-state index contributed by atoms with van der Waals surface area (Å²) < 4.78 is 26.8. The molecular formula is C15H32O5S2. The summed E-state index contributed by atoms with van der Waals surface area (Å²) in [6, 6.07) is 0. The number of unbranched alkanes of at least 4 members (excludes halogenated alkanes) is 2. The third kappa shape index (κ3) is 20.5. The minimum absolute atomic E-state index is 0.581. The topological polar surface area (TPSA) is 46.2 Å². The molecule has 0 radical (unpaired) electrons. The Morgan fingerprint density at radius 1 is 0.364 bits per heavy atom. The van der Waals surface area contributed by atoms with Crippen molar-refractivity contribution >= 4 is 25.3 Å². The van der Waals surface area contributed by atoms with Crippen LogP contribution >= 0.6 is 25.3 Å². The number of thiol groups is 2. The summed E-state index contributed by atoms with van der Waals surface area (Å²) in [6.07, 6.45) is 3.44. The molecule has 0 rings (SSSR count). The lowest BCUT2D eigenvalue weighted by molar-refractivity contribution is -0.0102. The first-order valence-corrected chi connectivity index (χ1v) is 9.28. The highest BCUT2D eigenvalue weighted by Gasteiger charge is 1.93. The Bertz CT molecular complexity index is 179. The molecule has 0 bridgehead atoms. The quantitative estimate of drug-likeness (QED) is 0.274. The molecule has 0 aliphatic rings. The minimum Gasteiger partial charge on any atom is -0.379 e. The van der Waals surface area contributed by atoms with Gasteiger partial charge < -0.3 is 23.7 Å². The van der Waals surface area contributed by atoms with Gasteiger partial charge in [0.15, 0.2) is 0 Å². The van der Waals surface area contributed by atoms with E-state index >= 15 is 0 Å². The molecule has 0 saturated heterocycles. The molecule has 0 aliphatic carbocycles. The van der Waals surface area contributed by atoms with Crippen LogP contribution in [0.3, 0.4) is 0 Å². The van der Waals surface area contributed by atoms with Crippen molar-refractivity contribution in [2.24, 2.45) is 0 Å². The second kappa shape index (κ2) is 21.5. The van der Waals surface area contributed by atoms with Crippen LogP contribution in [0.1, 0.15) is 19.3 Å². The molecular weight excluding hydrogens is 324 g/mol. The predicted octanol–water partition coefficient (Wildman–Crippen LogP) is 2.10. The fourth-order valence-corrected chi connectivity index (χ4v) is 1.89. The van der Waals surface area contributed by atoms with Gasteiger partial charge >= 0.3 is 0 Å². The zero-order valence-corrected chi connectivity index (χ0v) is 15.3. The summed E-state index contributed by atoms with van der Waals surface area (Å²) in [6.45, 7) is 6.29. The molecule has 0 N–H and O–H groups in total. The SMILES string of the molecule is SCCCCCOCCOCCOCCOCCOCCS. The van der Waals surface area contributed by atoms with Gasteiger partial charge in [0.05, 0.1) is 59.5 Å². The lowest BCUT2D eigenvalue weighted by atomic mass is 10.3. The van der Waals surface area contributed by atoms with E-state index in [2.05, 4.69) is 25.3 Å². The molecule has 0 heterocycles. The van der Waals surface area contributed by atoms with Crippen LogP contribution in [0.4, 0.5) is 0 Å². The summed E-state index contributed by atoms with van der Waals surface area (Å²) in [5, 5.41) is 0. The molecule has 0 aliphatic heterocycles. The maximum atomic E-state index is 5.45. The van der Waals surface area contributed by atoms with Crippen LogP contribution in [0, 0.1) is 0 Å². The first-order chi connectivity index (χ1) is 10.9. The van der Waals surface area contributed by atoms with Gasteiger partial charge in [-0.2, -0.15) is 25.3 Å². The first kappa shape index (κ1) is 22.5. The third-order valence-corrected chi connectivity index (χ3v) is 3.17.